The Bertz CT molecular complexity index is 3940. The molecule has 0 spiro atoms. The fourth-order valence-electron chi connectivity index (χ4n) is 28.8. The van der Waals surface area contributed by atoms with Gasteiger partial charge < -0.3 is 63.0 Å². The molecule has 0 aromatic carbocycles. The molecule has 0 aromatic heterocycles. The van der Waals surface area contributed by atoms with Crippen molar-refractivity contribution in [2.75, 3.05) is 39.3 Å². The molecular formula is C108H206N28O4. The Morgan fingerprint density at radius 3 is 0.743 bits per heavy atom. The molecule has 12 aliphatic rings. The maximum absolute atomic E-state index is 7.39. The van der Waals surface area contributed by atoms with E-state index in [-0.39, 0.29) is 137 Å². The van der Waals surface area contributed by atoms with Crippen LogP contribution in [0, 0.1) is 23.7 Å². The topological polar surface area (TPSA) is 322 Å². The average molecular weight is 1960 g/mol. The highest BCUT2D eigenvalue weighted by molar-refractivity contribution is 5.95. The van der Waals surface area contributed by atoms with E-state index in [0.29, 0.717) is 75.8 Å². The van der Waals surface area contributed by atoms with Gasteiger partial charge in [-0.2, -0.15) is 0 Å². The van der Waals surface area contributed by atoms with E-state index >= 15 is 0 Å². The summed E-state index contributed by atoms with van der Waals surface area (Å²) in [6, 6.07) is 0.464. The summed E-state index contributed by atoms with van der Waals surface area (Å²) in [7, 11) is 0. The Labute approximate surface area is 849 Å². The molecule has 0 bridgehead atoms. The van der Waals surface area contributed by atoms with Gasteiger partial charge in [-0.15, -0.1) is 0 Å². The van der Waals surface area contributed by atoms with Crippen molar-refractivity contribution in [1.82, 2.24) is 127 Å². The van der Waals surface area contributed by atoms with Crippen LogP contribution in [-0.2, 0) is 19.4 Å². The van der Waals surface area contributed by atoms with E-state index in [4.69, 9.17) is 39.3 Å². The van der Waals surface area contributed by atoms with Crippen molar-refractivity contribution in [3.63, 3.8) is 0 Å². The van der Waals surface area contributed by atoms with Crippen LogP contribution < -0.4 is 96.6 Å². The third-order valence-electron chi connectivity index (χ3n) is 30.3. The Morgan fingerprint density at radius 1 is 0.279 bits per heavy atom. The molecule has 0 radical (unpaired) electrons. The third kappa shape index (κ3) is 34.6. The number of rotatable bonds is 39. The molecular weight excluding hydrogens is 1750 g/mol. The van der Waals surface area contributed by atoms with Gasteiger partial charge in [0.05, 0.1) is 36.5 Å². The Morgan fingerprint density at radius 2 is 0.500 bits per heavy atom. The summed E-state index contributed by atoms with van der Waals surface area (Å²) < 4.78 is 0. The quantitative estimate of drug-likeness (QED) is 0.0254. The summed E-state index contributed by atoms with van der Waals surface area (Å²) in [4.78, 5) is 57.1. The summed E-state index contributed by atoms with van der Waals surface area (Å²) in [5, 5.41) is 46.9. The first kappa shape index (κ1) is 113. The molecule has 8 saturated heterocycles. The van der Waals surface area contributed by atoms with Crippen LogP contribution >= 0.6 is 0 Å². The molecule has 0 amide bonds. The molecule has 12 rings (SSSR count). The highest BCUT2D eigenvalue weighted by Crippen LogP contribution is 2.44. The molecule has 0 aromatic rings. The second-order valence-corrected chi connectivity index (χ2v) is 55.6. The number of hydrogen-bond donors (Lipinski definition) is 18. The van der Waals surface area contributed by atoms with Crippen LogP contribution in [0.5, 0.6) is 0 Å². The van der Waals surface area contributed by atoms with Gasteiger partial charge in [0.2, 0.25) is 0 Å². The number of nitrogens with one attached hydrogen (secondary N) is 18. The predicted molar refractivity (Wildman–Crippen MR) is 575 cm³/mol. The predicted octanol–water partition coefficient (Wildman–Crippen LogP) is 15.7. The fourth-order valence-corrected chi connectivity index (χ4v) is 28.8. The van der Waals surface area contributed by atoms with Crippen LogP contribution in [0.3, 0.4) is 0 Å². The van der Waals surface area contributed by atoms with Gasteiger partial charge in [0.25, 0.3) is 0 Å². The molecule has 140 heavy (non-hydrogen) atoms. The Kier molecular flexibility index (Phi) is 35.8. The molecule has 8 fully saturated rings. The van der Waals surface area contributed by atoms with Crippen molar-refractivity contribution in [2.45, 2.75) is 553 Å². The smallest absolute Gasteiger partial charge is 0.142 e. The van der Waals surface area contributed by atoms with Crippen molar-refractivity contribution in [2.24, 2.45) is 43.6 Å². The molecule has 32 nitrogen and oxygen atoms in total. The number of hydrazine groups is 8. The lowest BCUT2D eigenvalue weighted by Crippen LogP contribution is -2.63. The van der Waals surface area contributed by atoms with Gasteiger partial charge in [0.1, 0.15) is 46.6 Å². The molecule has 802 valence electrons. The molecule has 32 heteroatoms. The first-order valence-corrected chi connectivity index (χ1v) is 55.1. The zero-order chi connectivity index (χ0) is 103. The number of aliphatic imine (C=N–C) groups is 4. The standard InChI is InChI=1S/C108H206N28O4/c1-37-43-81(73-57-93(5,6)123-94(7,8)58-73)111-87-53-85(115-133(117-87)137-77-65-101(21,22)127-102(23,24)66-77)109-47-41-49-131(91-55-89(113-83(45-39-3)75-61-97(13,14)125-98(15,16)62-75)119-135(121-91)139-79-69-105(29,30)129-106(31,32)70-79)51-52-132(92-56-90(114-84(46-40-4)76-63-99(17,18)126-100(19,20)64-76)120-136(122-92)140-80-71-107(33,34)130-108(35,36)72-80)50-42-48-110-86-54-88(112-82(44-38-2)74-59-95(9,10)124-96(11,12)60-74)118-134(116-86)138-78-67-103(25,26)128-104(27,28)68-78/h53-56,73-84,111-112,117-118,121-130H,37-52,57-72H2,1-36H3,(H,109,115)(H,110,116)(H,113,119)(H,114,120). The number of nitrogens with zero attached hydrogens (tertiary/aromatic N) is 10. The normalized spacial score (nSPS) is 29.0. The van der Waals surface area contributed by atoms with Crippen molar-refractivity contribution in [3.8, 4) is 0 Å². The third-order valence-corrected chi connectivity index (χ3v) is 30.3. The van der Waals surface area contributed by atoms with Crippen molar-refractivity contribution >= 4 is 23.3 Å². The van der Waals surface area contributed by atoms with Crippen LogP contribution in [0.1, 0.15) is 416 Å². The lowest BCUT2D eigenvalue weighted by Gasteiger charge is -2.49. The lowest BCUT2D eigenvalue weighted by atomic mass is 9.72. The monoisotopic (exact) mass is 1960 g/mol. The molecule has 4 unspecified atom stereocenters. The van der Waals surface area contributed by atoms with E-state index < -0.39 is 0 Å². The minimum atomic E-state index is -0.195. The maximum Gasteiger partial charge on any atom is 0.142 e. The Balaban J connectivity index is 0.971. The van der Waals surface area contributed by atoms with E-state index in [1.165, 1.54) is 0 Å². The van der Waals surface area contributed by atoms with Gasteiger partial charge >= 0.3 is 0 Å². The molecule has 18 N–H and O–H groups in total. The van der Waals surface area contributed by atoms with Crippen molar-refractivity contribution < 1.29 is 19.4 Å². The Hall–Kier alpha value is -5.40. The van der Waals surface area contributed by atoms with Gasteiger partial charge in [0.15, 0.2) is 0 Å². The fraction of sp³-hybridized carbons (Fsp3) is 0.889. The van der Waals surface area contributed by atoms with E-state index in [9.17, 15) is 0 Å². The summed E-state index contributed by atoms with van der Waals surface area (Å²) in [5.41, 5.74) is 28.4. The average Bonchev–Trinajstić information content (AvgIpc) is 0.809. The molecule has 0 saturated carbocycles. The first-order valence-electron chi connectivity index (χ1n) is 55.1. The minimum Gasteiger partial charge on any atom is -0.368 e. The zero-order valence-electron chi connectivity index (χ0n) is 95.0. The van der Waals surface area contributed by atoms with Gasteiger partial charge in [0, 0.05) is 164 Å². The number of hydrogen-bond acceptors (Lipinski definition) is 28. The van der Waals surface area contributed by atoms with Gasteiger partial charge in [-0.3, -0.25) is 82.7 Å². The van der Waals surface area contributed by atoms with E-state index in [1.807, 2.05) is 0 Å². The minimum absolute atomic E-state index is 0.0254. The van der Waals surface area contributed by atoms with Crippen LogP contribution in [-0.4, -0.2) is 231 Å². The van der Waals surface area contributed by atoms with Gasteiger partial charge in [-0.25, -0.2) is 0 Å². The highest BCUT2D eigenvalue weighted by atomic mass is 16.8. The van der Waals surface area contributed by atoms with Crippen LogP contribution in [0.15, 0.2) is 67.6 Å². The van der Waals surface area contributed by atoms with Gasteiger partial charge in [-0.05, 0) is 408 Å². The highest BCUT2D eigenvalue weighted by Gasteiger charge is 2.50. The zero-order valence-corrected chi connectivity index (χ0v) is 95.0. The van der Waals surface area contributed by atoms with E-state index in [2.05, 4.69) is 380 Å². The molecule has 12 aliphatic heterocycles. The maximum atomic E-state index is 7.39. The van der Waals surface area contributed by atoms with Gasteiger partial charge in [-0.1, -0.05) is 53.4 Å². The largest absolute Gasteiger partial charge is 0.368 e. The van der Waals surface area contributed by atoms with E-state index in [0.717, 1.165) is 201 Å². The SMILES string of the molecule is CCCC(N=C1C=C(N(CCCN=C2C=C(NC(CCC)C3CC(C)(C)NC(C)(C)C3)NN(OC3CC(C)(C)NC(C)(C)C3)N2)CCN(CCCN=C2C=C(NC(CCC)C3CC(C)(C)NC(C)(C)C3)NN(OC3CC(C)(C)NC(C)(C)C3)N2)C2=CC(=NC(CCC)C3CC(C)(C)NC(C)(C)C3)NN(OC3CC(C)(C)NC(C)(C)C3)N2)NN(OC2CC(C)(C)NC(C)(C)C2)N1)C1CC(C)(C)NC(C)(C)C1. The second kappa shape index (κ2) is 44.2. The summed E-state index contributed by atoms with van der Waals surface area (Å²) in [6.07, 6.45) is 32.5. The summed E-state index contributed by atoms with van der Waals surface area (Å²) in [6.45, 7) is 87.0. The van der Waals surface area contributed by atoms with Crippen LogP contribution in [0.2, 0.25) is 0 Å². The van der Waals surface area contributed by atoms with Crippen molar-refractivity contribution in [1.29, 1.82) is 0 Å². The van der Waals surface area contributed by atoms with E-state index in [1.54, 1.807) is 21.1 Å². The number of piperidine rings is 8. The number of amidine groups is 4. The van der Waals surface area contributed by atoms with Crippen LogP contribution in [0.4, 0.5) is 0 Å². The first-order chi connectivity index (χ1) is 64.6. The lowest BCUT2D eigenvalue weighted by molar-refractivity contribution is -0.263. The molecule has 12 heterocycles. The second-order valence-electron chi connectivity index (χ2n) is 55.6. The summed E-state index contributed by atoms with van der Waals surface area (Å²) >= 11 is 0. The van der Waals surface area contributed by atoms with Crippen molar-refractivity contribution in [3.05, 3.63) is 47.6 Å². The molecule has 4 atom stereocenters. The summed E-state index contributed by atoms with van der Waals surface area (Å²) in [5.74, 6) is 7.93. The molecule has 0 aliphatic carbocycles. The van der Waals surface area contributed by atoms with Crippen LogP contribution in [0.25, 0.3) is 0 Å².